The fourth-order valence-corrected chi connectivity index (χ4v) is 5.10. The molecule has 1 unspecified atom stereocenters. The lowest BCUT2D eigenvalue weighted by atomic mass is 10.1. The van der Waals surface area contributed by atoms with E-state index in [2.05, 4.69) is 26.3 Å². The first-order valence-electron chi connectivity index (χ1n) is 9.64. The number of aromatic nitrogens is 2. The maximum absolute atomic E-state index is 13.4. The smallest absolute Gasteiger partial charge is 0.436 e. The molecule has 2 aromatic heterocycles. The molecule has 32 heavy (non-hydrogen) atoms. The van der Waals surface area contributed by atoms with Gasteiger partial charge in [-0.3, -0.25) is 14.3 Å². The number of primary amides is 1. The molecule has 1 fully saturated rings. The van der Waals surface area contributed by atoms with Gasteiger partial charge >= 0.3 is 12.1 Å². The highest BCUT2D eigenvalue weighted by Crippen LogP contribution is 2.48. The molecule has 2 aromatic rings. The van der Waals surface area contributed by atoms with Gasteiger partial charge in [-0.15, -0.1) is 11.3 Å². The van der Waals surface area contributed by atoms with E-state index in [-0.39, 0.29) is 38.0 Å². The van der Waals surface area contributed by atoms with Crippen LogP contribution >= 0.6 is 27.3 Å². The third-order valence-corrected chi connectivity index (χ3v) is 6.96. The quantitative estimate of drug-likeness (QED) is 0.509. The number of nitrogens with zero attached hydrogens (tertiary/aromatic N) is 2. The lowest BCUT2D eigenvalue weighted by Gasteiger charge is -2.16. The minimum absolute atomic E-state index is 0.0220. The molecule has 2 amide bonds. The molecule has 3 rings (SSSR count). The number of amides is 2. The average Bonchev–Trinajstić information content (AvgIpc) is 3.37. The van der Waals surface area contributed by atoms with Crippen molar-refractivity contribution < 1.29 is 32.3 Å². The molecule has 2 heterocycles. The summed E-state index contributed by atoms with van der Waals surface area (Å²) in [5.41, 5.74) is 4.78. The standard InChI is InChI=1S/C19H20BrF3N4O4S/c1-4-31-18(30)10-7(2)13(15(24)28)32-17(10)25-16(29)8(3)27-12(9-5-6-9)11(20)14(26-27)19(21,22)23/h8-9H,4-6H2,1-3H3,(H2,24,28)(H,25,29). The van der Waals surface area contributed by atoms with Gasteiger partial charge < -0.3 is 15.8 Å². The van der Waals surface area contributed by atoms with Gasteiger partial charge in [-0.2, -0.15) is 18.3 Å². The molecule has 0 aliphatic heterocycles. The summed E-state index contributed by atoms with van der Waals surface area (Å²) in [6.45, 7) is 4.56. The van der Waals surface area contributed by atoms with Crippen LogP contribution in [0.25, 0.3) is 0 Å². The number of halogens is 4. The average molecular weight is 537 g/mol. The molecule has 1 atom stereocenters. The number of rotatable bonds is 7. The van der Waals surface area contributed by atoms with Gasteiger partial charge in [-0.25, -0.2) is 4.79 Å². The molecule has 0 radical (unpaired) electrons. The normalized spacial score (nSPS) is 14.8. The largest absolute Gasteiger partial charge is 0.462 e. The van der Waals surface area contributed by atoms with Crippen molar-refractivity contribution in [2.24, 2.45) is 5.73 Å². The maximum Gasteiger partial charge on any atom is 0.436 e. The van der Waals surface area contributed by atoms with Crippen molar-refractivity contribution >= 4 is 50.1 Å². The summed E-state index contributed by atoms with van der Waals surface area (Å²) in [5, 5.41) is 6.23. The topological polar surface area (TPSA) is 116 Å². The summed E-state index contributed by atoms with van der Waals surface area (Å²) in [4.78, 5) is 37.1. The first kappa shape index (κ1) is 24.2. The van der Waals surface area contributed by atoms with E-state index in [1.54, 1.807) is 6.92 Å². The Bertz CT molecular complexity index is 1090. The minimum atomic E-state index is -4.69. The Morgan fingerprint density at radius 1 is 1.38 bits per heavy atom. The van der Waals surface area contributed by atoms with Crippen LogP contribution in [0.5, 0.6) is 0 Å². The highest BCUT2D eigenvalue weighted by Gasteiger charge is 2.43. The van der Waals surface area contributed by atoms with Gasteiger partial charge in [-0.1, -0.05) is 0 Å². The van der Waals surface area contributed by atoms with Crippen molar-refractivity contribution in [1.82, 2.24) is 9.78 Å². The Morgan fingerprint density at radius 2 is 2.00 bits per heavy atom. The van der Waals surface area contributed by atoms with Crippen LogP contribution in [0.2, 0.25) is 0 Å². The predicted octanol–water partition coefficient (Wildman–Crippen LogP) is 4.39. The summed E-state index contributed by atoms with van der Waals surface area (Å²) in [7, 11) is 0. The van der Waals surface area contributed by atoms with Crippen LogP contribution in [0.4, 0.5) is 18.2 Å². The Hall–Kier alpha value is -2.41. The zero-order chi connectivity index (χ0) is 24.0. The number of alkyl halides is 3. The van der Waals surface area contributed by atoms with Gasteiger partial charge in [0.15, 0.2) is 5.69 Å². The van der Waals surface area contributed by atoms with Gasteiger partial charge in [0.2, 0.25) is 5.91 Å². The van der Waals surface area contributed by atoms with E-state index in [1.807, 2.05) is 0 Å². The second-order valence-electron chi connectivity index (χ2n) is 7.27. The van der Waals surface area contributed by atoms with E-state index in [4.69, 9.17) is 10.5 Å². The highest BCUT2D eigenvalue weighted by atomic mass is 79.9. The molecule has 8 nitrogen and oxygen atoms in total. The van der Waals surface area contributed by atoms with Crippen LogP contribution in [0.3, 0.4) is 0 Å². The van der Waals surface area contributed by atoms with Crippen molar-refractivity contribution in [2.45, 2.75) is 51.7 Å². The Balaban J connectivity index is 1.97. The van der Waals surface area contributed by atoms with Gasteiger partial charge in [0.25, 0.3) is 5.91 Å². The molecule has 1 saturated carbocycles. The van der Waals surface area contributed by atoms with Gasteiger partial charge in [0.05, 0.1) is 27.2 Å². The zero-order valence-corrected chi connectivity index (χ0v) is 19.7. The molecule has 0 saturated heterocycles. The number of ether oxygens (including phenoxy) is 1. The molecule has 174 valence electrons. The number of esters is 1. The van der Waals surface area contributed by atoms with Crippen molar-refractivity contribution in [3.63, 3.8) is 0 Å². The maximum atomic E-state index is 13.4. The van der Waals surface area contributed by atoms with Gasteiger partial charge in [0, 0.05) is 5.92 Å². The number of hydrogen-bond acceptors (Lipinski definition) is 6. The van der Waals surface area contributed by atoms with Crippen LogP contribution in [-0.4, -0.2) is 34.2 Å². The Kier molecular flexibility index (Phi) is 6.70. The second kappa shape index (κ2) is 8.85. The molecule has 13 heteroatoms. The molecule has 0 bridgehead atoms. The Labute approximate surface area is 193 Å². The lowest BCUT2D eigenvalue weighted by molar-refractivity contribution is -0.142. The molecular weight excluding hydrogens is 517 g/mol. The van der Waals surface area contributed by atoms with Crippen LogP contribution < -0.4 is 11.1 Å². The van der Waals surface area contributed by atoms with E-state index in [0.29, 0.717) is 18.5 Å². The number of carbonyl (C=O) groups excluding carboxylic acids is 3. The second-order valence-corrected chi connectivity index (χ2v) is 9.09. The first-order valence-corrected chi connectivity index (χ1v) is 11.3. The summed E-state index contributed by atoms with van der Waals surface area (Å²) in [6.07, 6.45) is -3.31. The number of nitrogens with two attached hydrogens (primary N) is 1. The van der Waals surface area contributed by atoms with E-state index in [1.165, 1.54) is 13.8 Å². The van der Waals surface area contributed by atoms with Gasteiger partial charge in [-0.05, 0) is 55.1 Å². The monoisotopic (exact) mass is 536 g/mol. The molecule has 1 aliphatic rings. The van der Waals surface area contributed by atoms with Crippen LogP contribution in [0.1, 0.15) is 75.6 Å². The van der Waals surface area contributed by atoms with Crippen molar-refractivity contribution in [1.29, 1.82) is 0 Å². The summed E-state index contributed by atoms with van der Waals surface area (Å²) in [6, 6.07) is -1.13. The molecule has 3 N–H and O–H groups in total. The number of nitrogens with one attached hydrogen (secondary N) is 1. The molecule has 0 spiro atoms. The van der Waals surface area contributed by atoms with Crippen molar-refractivity contribution in [3.05, 3.63) is 31.9 Å². The minimum Gasteiger partial charge on any atom is -0.462 e. The van der Waals surface area contributed by atoms with Gasteiger partial charge in [0.1, 0.15) is 11.0 Å². The van der Waals surface area contributed by atoms with E-state index in [0.717, 1.165) is 16.0 Å². The summed E-state index contributed by atoms with van der Waals surface area (Å²) in [5.74, 6) is -2.38. The molecule has 1 aliphatic carbocycles. The lowest BCUT2D eigenvalue weighted by Crippen LogP contribution is -2.26. The number of hydrogen-bond donors (Lipinski definition) is 2. The van der Waals surface area contributed by atoms with Crippen LogP contribution in [-0.2, 0) is 15.7 Å². The van der Waals surface area contributed by atoms with E-state index >= 15 is 0 Å². The van der Waals surface area contributed by atoms with E-state index < -0.39 is 35.7 Å². The molecular formula is C19H20BrF3N4O4S. The third kappa shape index (κ3) is 4.53. The van der Waals surface area contributed by atoms with Crippen LogP contribution in [0.15, 0.2) is 4.47 Å². The fraction of sp³-hybridized carbons (Fsp3) is 0.474. The molecule has 0 aromatic carbocycles. The van der Waals surface area contributed by atoms with Crippen molar-refractivity contribution in [3.8, 4) is 0 Å². The highest BCUT2D eigenvalue weighted by molar-refractivity contribution is 9.10. The zero-order valence-electron chi connectivity index (χ0n) is 17.3. The predicted molar refractivity (Wildman–Crippen MR) is 114 cm³/mol. The summed E-state index contributed by atoms with van der Waals surface area (Å²) < 4.78 is 46.0. The SMILES string of the molecule is CCOC(=O)c1c(NC(=O)C(C)n2nc(C(F)(F)F)c(Br)c2C2CC2)sc(C(N)=O)c1C. The summed E-state index contributed by atoms with van der Waals surface area (Å²) >= 11 is 3.79. The number of thiophene rings is 1. The fourth-order valence-electron chi connectivity index (χ4n) is 3.24. The van der Waals surface area contributed by atoms with Crippen LogP contribution in [0, 0.1) is 6.92 Å². The Morgan fingerprint density at radius 3 is 2.50 bits per heavy atom. The number of carbonyl (C=O) groups is 3. The number of anilines is 1. The third-order valence-electron chi connectivity index (χ3n) is 4.95. The van der Waals surface area contributed by atoms with Crippen molar-refractivity contribution in [2.75, 3.05) is 11.9 Å². The first-order chi connectivity index (χ1) is 14.9. The van der Waals surface area contributed by atoms with E-state index in [9.17, 15) is 27.6 Å².